The summed E-state index contributed by atoms with van der Waals surface area (Å²) in [6.45, 7) is 2.00. The van der Waals surface area contributed by atoms with Crippen LogP contribution in [-0.2, 0) is 0 Å². The lowest BCUT2D eigenvalue weighted by molar-refractivity contribution is 0.215. The molecule has 2 nitrogen and oxygen atoms in total. The zero-order valence-corrected chi connectivity index (χ0v) is 9.09. The van der Waals surface area contributed by atoms with Crippen molar-refractivity contribution in [3.8, 4) is 5.75 Å². The van der Waals surface area contributed by atoms with E-state index in [0.29, 0.717) is 5.56 Å². The van der Waals surface area contributed by atoms with E-state index >= 15 is 0 Å². The molecule has 0 bridgehead atoms. The normalized spacial score (nSPS) is 12.4. The Morgan fingerprint density at radius 1 is 0.938 bits per heavy atom. The van der Waals surface area contributed by atoms with Crippen molar-refractivity contribution >= 4 is 0 Å². The molecule has 2 N–H and O–H groups in total. The number of phenolic OH excluding ortho intramolecular Hbond substituents is 1. The molecule has 16 heavy (non-hydrogen) atoms. The van der Waals surface area contributed by atoms with Crippen LogP contribution in [0, 0.1) is 6.92 Å². The molecule has 0 saturated carbocycles. The van der Waals surface area contributed by atoms with Crippen molar-refractivity contribution < 1.29 is 10.2 Å². The Bertz CT molecular complexity index is 474. The first-order valence-corrected chi connectivity index (χ1v) is 5.21. The van der Waals surface area contributed by atoms with Gasteiger partial charge in [-0.25, -0.2) is 0 Å². The highest BCUT2D eigenvalue weighted by Crippen LogP contribution is 2.28. The number of hydrogen-bond donors (Lipinski definition) is 2. The molecule has 0 aliphatic rings. The average molecular weight is 214 g/mol. The maximum Gasteiger partial charge on any atom is 0.121 e. The van der Waals surface area contributed by atoms with E-state index in [1.165, 1.54) is 0 Å². The standard InChI is InChI=1S/C14H14O2/c1-10-6-8-11(9-7-10)14(16)12-4-2-3-5-13(12)15/h2-9,14-16H,1H3/t14-/m0/s1. The SMILES string of the molecule is Cc1ccc([C@H](O)c2ccccc2O)cc1. The fourth-order valence-electron chi connectivity index (χ4n) is 1.65. The Morgan fingerprint density at radius 2 is 1.56 bits per heavy atom. The van der Waals surface area contributed by atoms with Gasteiger partial charge in [-0.2, -0.15) is 0 Å². The second-order valence-corrected chi connectivity index (χ2v) is 3.87. The zero-order chi connectivity index (χ0) is 11.5. The second-order valence-electron chi connectivity index (χ2n) is 3.87. The highest BCUT2D eigenvalue weighted by atomic mass is 16.3. The van der Waals surface area contributed by atoms with Gasteiger partial charge in [0.15, 0.2) is 0 Å². The van der Waals surface area contributed by atoms with Crippen molar-refractivity contribution in [2.75, 3.05) is 0 Å². The number of rotatable bonds is 2. The summed E-state index contributed by atoms with van der Waals surface area (Å²) in [5, 5.41) is 19.7. The number of benzene rings is 2. The van der Waals surface area contributed by atoms with E-state index in [-0.39, 0.29) is 5.75 Å². The molecule has 2 aromatic carbocycles. The van der Waals surface area contributed by atoms with E-state index in [4.69, 9.17) is 0 Å². The van der Waals surface area contributed by atoms with Crippen LogP contribution in [0.1, 0.15) is 22.8 Å². The van der Waals surface area contributed by atoms with Gasteiger partial charge >= 0.3 is 0 Å². The monoisotopic (exact) mass is 214 g/mol. The fourth-order valence-corrected chi connectivity index (χ4v) is 1.65. The minimum Gasteiger partial charge on any atom is -0.508 e. The van der Waals surface area contributed by atoms with E-state index < -0.39 is 6.10 Å². The van der Waals surface area contributed by atoms with Crippen molar-refractivity contribution in [1.82, 2.24) is 0 Å². The van der Waals surface area contributed by atoms with Crippen LogP contribution in [0.2, 0.25) is 0 Å². The number of phenols is 1. The molecule has 0 fully saturated rings. The van der Waals surface area contributed by atoms with Crippen LogP contribution in [0.5, 0.6) is 5.75 Å². The summed E-state index contributed by atoms with van der Waals surface area (Å²) in [4.78, 5) is 0. The number of para-hydroxylation sites is 1. The molecule has 0 aromatic heterocycles. The third-order valence-electron chi connectivity index (χ3n) is 2.62. The highest BCUT2D eigenvalue weighted by molar-refractivity contribution is 5.39. The van der Waals surface area contributed by atoms with Gasteiger partial charge in [0.2, 0.25) is 0 Å². The minimum atomic E-state index is -0.776. The molecule has 0 amide bonds. The molecule has 82 valence electrons. The first-order chi connectivity index (χ1) is 7.68. The third kappa shape index (κ3) is 2.07. The molecule has 0 radical (unpaired) electrons. The fraction of sp³-hybridized carbons (Fsp3) is 0.143. The second kappa shape index (κ2) is 4.37. The van der Waals surface area contributed by atoms with Crippen LogP contribution in [-0.4, -0.2) is 10.2 Å². The Kier molecular flexibility index (Phi) is 2.93. The van der Waals surface area contributed by atoms with Gasteiger partial charge in [0.25, 0.3) is 0 Å². The van der Waals surface area contributed by atoms with E-state index in [1.807, 2.05) is 31.2 Å². The zero-order valence-electron chi connectivity index (χ0n) is 9.09. The van der Waals surface area contributed by atoms with Gasteiger partial charge in [-0.05, 0) is 18.6 Å². The minimum absolute atomic E-state index is 0.121. The maximum atomic E-state index is 10.1. The lowest BCUT2D eigenvalue weighted by Gasteiger charge is -2.13. The van der Waals surface area contributed by atoms with Gasteiger partial charge in [-0.3, -0.25) is 0 Å². The highest BCUT2D eigenvalue weighted by Gasteiger charge is 2.13. The van der Waals surface area contributed by atoms with E-state index in [2.05, 4.69) is 0 Å². The van der Waals surface area contributed by atoms with Crippen LogP contribution < -0.4 is 0 Å². The van der Waals surface area contributed by atoms with Crippen molar-refractivity contribution in [2.24, 2.45) is 0 Å². The molecule has 0 unspecified atom stereocenters. The van der Waals surface area contributed by atoms with E-state index in [1.54, 1.807) is 24.3 Å². The molecule has 0 aliphatic carbocycles. The largest absolute Gasteiger partial charge is 0.508 e. The van der Waals surface area contributed by atoms with Gasteiger partial charge in [0.05, 0.1) is 0 Å². The summed E-state index contributed by atoms with van der Waals surface area (Å²) >= 11 is 0. The molecule has 0 aliphatic heterocycles. The molecule has 0 spiro atoms. The molecular weight excluding hydrogens is 200 g/mol. The van der Waals surface area contributed by atoms with Gasteiger partial charge < -0.3 is 10.2 Å². The first kappa shape index (κ1) is 10.7. The molecule has 0 saturated heterocycles. The third-order valence-corrected chi connectivity index (χ3v) is 2.62. The summed E-state index contributed by atoms with van der Waals surface area (Å²) in [5.74, 6) is 0.121. The maximum absolute atomic E-state index is 10.1. The number of aliphatic hydroxyl groups is 1. The Labute approximate surface area is 94.8 Å². The summed E-state index contributed by atoms with van der Waals surface area (Å²) in [6, 6.07) is 14.5. The molecule has 0 heterocycles. The van der Waals surface area contributed by atoms with Gasteiger partial charge in [0, 0.05) is 5.56 Å². The van der Waals surface area contributed by atoms with Crippen molar-refractivity contribution in [1.29, 1.82) is 0 Å². The number of aliphatic hydroxyl groups excluding tert-OH is 1. The lowest BCUT2D eigenvalue weighted by Crippen LogP contribution is -1.99. The first-order valence-electron chi connectivity index (χ1n) is 5.21. The number of aromatic hydroxyl groups is 1. The number of aryl methyl sites for hydroxylation is 1. The summed E-state index contributed by atoms with van der Waals surface area (Å²) in [6.07, 6.45) is -0.776. The van der Waals surface area contributed by atoms with Gasteiger partial charge in [-0.15, -0.1) is 0 Å². The van der Waals surface area contributed by atoms with Crippen LogP contribution in [0.4, 0.5) is 0 Å². The summed E-state index contributed by atoms with van der Waals surface area (Å²) < 4.78 is 0. The average Bonchev–Trinajstić information content (AvgIpc) is 2.30. The molecule has 2 rings (SSSR count). The predicted octanol–water partition coefficient (Wildman–Crippen LogP) is 2.78. The van der Waals surface area contributed by atoms with Crippen molar-refractivity contribution in [3.05, 3.63) is 65.2 Å². The lowest BCUT2D eigenvalue weighted by atomic mass is 10.00. The predicted molar refractivity (Wildman–Crippen MR) is 63.3 cm³/mol. The van der Waals surface area contributed by atoms with Crippen LogP contribution >= 0.6 is 0 Å². The Morgan fingerprint density at radius 3 is 2.19 bits per heavy atom. The van der Waals surface area contributed by atoms with Crippen LogP contribution in [0.3, 0.4) is 0 Å². The molecular formula is C14H14O2. The van der Waals surface area contributed by atoms with Crippen LogP contribution in [0.15, 0.2) is 48.5 Å². The van der Waals surface area contributed by atoms with Crippen molar-refractivity contribution in [3.63, 3.8) is 0 Å². The van der Waals surface area contributed by atoms with Crippen molar-refractivity contribution in [2.45, 2.75) is 13.0 Å². The van der Waals surface area contributed by atoms with Gasteiger partial charge in [0.1, 0.15) is 11.9 Å². The Balaban J connectivity index is 2.35. The Hall–Kier alpha value is -1.80. The smallest absolute Gasteiger partial charge is 0.121 e. The summed E-state index contributed by atoms with van der Waals surface area (Å²) in [7, 11) is 0. The van der Waals surface area contributed by atoms with Gasteiger partial charge in [-0.1, -0.05) is 48.0 Å². The van der Waals surface area contributed by atoms with Crippen LogP contribution in [0.25, 0.3) is 0 Å². The molecule has 2 heteroatoms. The molecule has 2 aromatic rings. The van der Waals surface area contributed by atoms with E-state index in [9.17, 15) is 10.2 Å². The topological polar surface area (TPSA) is 40.5 Å². The van der Waals surface area contributed by atoms with E-state index in [0.717, 1.165) is 11.1 Å². The summed E-state index contributed by atoms with van der Waals surface area (Å²) in [5.41, 5.74) is 2.46. The number of hydrogen-bond acceptors (Lipinski definition) is 2. The molecule has 1 atom stereocenters. The quantitative estimate of drug-likeness (QED) is 0.807.